The van der Waals surface area contributed by atoms with E-state index in [-0.39, 0.29) is 18.5 Å². The Kier molecular flexibility index (Phi) is 2.91. The minimum atomic E-state index is -0.815. The van der Waals surface area contributed by atoms with Crippen molar-refractivity contribution in [1.82, 2.24) is 10.2 Å². The summed E-state index contributed by atoms with van der Waals surface area (Å²) in [6.45, 7) is 1.11. The number of hydrogen-bond donors (Lipinski definition) is 1. The molecule has 1 aromatic heterocycles. The molecule has 1 atom stereocenters. The van der Waals surface area contributed by atoms with E-state index in [1.54, 1.807) is 0 Å². The van der Waals surface area contributed by atoms with Crippen LogP contribution in [0.1, 0.15) is 12.0 Å². The van der Waals surface area contributed by atoms with Crippen LogP contribution >= 0.6 is 27.3 Å². The molecule has 3 heterocycles. The Balaban J connectivity index is 1.80. The van der Waals surface area contributed by atoms with E-state index in [1.165, 1.54) is 16.2 Å². The van der Waals surface area contributed by atoms with Gasteiger partial charge in [0.1, 0.15) is 5.54 Å². The molecule has 0 aliphatic carbocycles. The number of urea groups is 1. The quantitative estimate of drug-likeness (QED) is 0.840. The minimum Gasteiger partial charge on any atom is -0.378 e. The maximum atomic E-state index is 12.3. The maximum Gasteiger partial charge on any atom is 0.325 e. The van der Waals surface area contributed by atoms with Crippen LogP contribution in [0, 0.1) is 0 Å². The van der Waals surface area contributed by atoms with Crippen LogP contribution in [0.25, 0.3) is 0 Å². The summed E-state index contributed by atoms with van der Waals surface area (Å²) in [5.74, 6) is -0.174. The number of nitrogens with one attached hydrogen (secondary N) is 1. The average Bonchev–Trinajstić information content (AvgIpc) is 2.99. The lowest BCUT2D eigenvalue weighted by Crippen LogP contribution is -2.47. The molecule has 0 unspecified atom stereocenters. The molecule has 5 nitrogen and oxygen atoms in total. The van der Waals surface area contributed by atoms with E-state index in [4.69, 9.17) is 4.74 Å². The lowest BCUT2D eigenvalue weighted by Gasteiger charge is -2.18. The summed E-state index contributed by atoms with van der Waals surface area (Å²) in [5.41, 5.74) is 0.135. The molecule has 2 aliphatic heterocycles. The first-order chi connectivity index (χ1) is 8.61. The fourth-order valence-corrected chi connectivity index (χ4v) is 3.46. The largest absolute Gasteiger partial charge is 0.378 e. The molecule has 2 fully saturated rings. The SMILES string of the molecule is O=C1N[C@]2(CCOC2)C(=O)N1Cc1csc(Br)c1. The minimum absolute atomic E-state index is 0.174. The zero-order chi connectivity index (χ0) is 12.8. The first-order valence-corrected chi connectivity index (χ1v) is 7.23. The van der Waals surface area contributed by atoms with E-state index in [0.717, 1.165) is 9.35 Å². The fraction of sp³-hybridized carbons (Fsp3) is 0.455. The zero-order valence-corrected chi connectivity index (χ0v) is 11.8. The van der Waals surface area contributed by atoms with Gasteiger partial charge in [0.15, 0.2) is 0 Å². The lowest BCUT2D eigenvalue weighted by molar-refractivity contribution is -0.131. The van der Waals surface area contributed by atoms with Crippen LogP contribution in [0.5, 0.6) is 0 Å². The third-order valence-electron chi connectivity index (χ3n) is 3.23. The van der Waals surface area contributed by atoms with Crippen LogP contribution in [0.2, 0.25) is 0 Å². The Bertz CT molecular complexity index is 510. The molecular formula is C11H11BrN2O3S. The van der Waals surface area contributed by atoms with Crippen molar-refractivity contribution in [3.63, 3.8) is 0 Å². The Morgan fingerprint density at radius 2 is 2.39 bits per heavy atom. The molecule has 3 amide bonds. The molecule has 1 aromatic rings. The predicted molar refractivity (Wildman–Crippen MR) is 69.3 cm³/mol. The number of rotatable bonds is 2. The van der Waals surface area contributed by atoms with Crippen molar-refractivity contribution in [3.05, 3.63) is 20.8 Å². The molecule has 3 rings (SSSR count). The van der Waals surface area contributed by atoms with Gasteiger partial charge in [0.05, 0.1) is 16.9 Å². The van der Waals surface area contributed by atoms with Crippen LogP contribution in [-0.2, 0) is 16.1 Å². The zero-order valence-electron chi connectivity index (χ0n) is 9.44. The molecule has 0 saturated carbocycles. The van der Waals surface area contributed by atoms with Crippen LogP contribution in [0.3, 0.4) is 0 Å². The third kappa shape index (κ3) is 1.86. The number of carbonyl (C=O) groups is 2. The van der Waals surface area contributed by atoms with Crippen LogP contribution in [-0.4, -0.2) is 35.6 Å². The number of ether oxygens (including phenoxy) is 1. The molecule has 7 heteroatoms. The number of imide groups is 1. The van der Waals surface area contributed by atoms with Crippen LogP contribution in [0.4, 0.5) is 4.79 Å². The van der Waals surface area contributed by atoms with Crippen molar-refractivity contribution < 1.29 is 14.3 Å². The van der Waals surface area contributed by atoms with Crippen molar-refractivity contribution in [2.75, 3.05) is 13.2 Å². The van der Waals surface area contributed by atoms with Crippen LogP contribution < -0.4 is 5.32 Å². The van der Waals surface area contributed by atoms with Gasteiger partial charge in [-0.1, -0.05) is 0 Å². The molecule has 2 aliphatic rings. The van der Waals surface area contributed by atoms with Crippen molar-refractivity contribution in [3.8, 4) is 0 Å². The molecule has 1 spiro atoms. The van der Waals surface area contributed by atoms with Gasteiger partial charge in [0, 0.05) is 13.0 Å². The standard InChI is InChI=1S/C11H11BrN2O3S/c12-8-3-7(5-18-8)4-14-9(15)11(13-10(14)16)1-2-17-6-11/h3,5H,1-2,4,6H2,(H,13,16)/t11-/m0/s1. The van der Waals surface area contributed by atoms with E-state index in [2.05, 4.69) is 21.2 Å². The fourth-order valence-electron chi connectivity index (χ4n) is 2.26. The Labute approximate surface area is 116 Å². The van der Waals surface area contributed by atoms with Crippen molar-refractivity contribution in [1.29, 1.82) is 0 Å². The van der Waals surface area contributed by atoms with Gasteiger partial charge in [-0.15, -0.1) is 11.3 Å². The predicted octanol–water partition coefficient (Wildman–Crippen LogP) is 1.72. The van der Waals surface area contributed by atoms with Gasteiger partial charge in [-0.05, 0) is 32.9 Å². The topological polar surface area (TPSA) is 58.6 Å². The first kappa shape index (κ1) is 12.1. The summed E-state index contributed by atoms with van der Waals surface area (Å²) in [5, 5.41) is 4.69. The number of halogens is 1. The molecule has 2 saturated heterocycles. The molecule has 0 bridgehead atoms. The molecule has 0 radical (unpaired) electrons. The highest BCUT2D eigenvalue weighted by molar-refractivity contribution is 9.11. The molecule has 1 N–H and O–H groups in total. The van der Waals surface area contributed by atoms with Gasteiger partial charge in [-0.2, -0.15) is 0 Å². The third-order valence-corrected chi connectivity index (χ3v) is 4.78. The number of carbonyl (C=O) groups excluding carboxylic acids is 2. The summed E-state index contributed by atoms with van der Waals surface area (Å²) < 4.78 is 6.23. The summed E-state index contributed by atoms with van der Waals surface area (Å²) in [4.78, 5) is 25.5. The second kappa shape index (κ2) is 4.32. The lowest BCUT2D eigenvalue weighted by atomic mass is 9.99. The van der Waals surface area contributed by atoms with Gasteiger partial charge in [0.25, 0.3) is 5.91 Å². The number of thiophene rings is 1. The van der Waals surface area contributed by atoms with Crippen molar-refractivity contribution in [2.24, 2.45) is 0 Å². The highest BCUT2D eigenvalue weighted by Crippen LogP contribution is 2.29. The second-order valence-corrected chi connectivity index (χ2v) is 6.76. The monoisotopic (exact) mass is 330 g/mol. The van der Waals surface area contributed by atoms with Gasteiger partial charge < -0.3 is 10.1 Å². The van der Waals surface area contributed by atoms with Gasteiger partial charge in [0.2, 0.25) is 0 Å². The van der Waals surface area contributed by atoms with E-state index in [1.807, 2.05) is 11.4 Å². The first-order valence-electron chi connectivity index (χ1n) is 5.55. The number of hydrogen-bond acceptors (Lipinski definition) is 4. The Morgan fingerprint density at radius 3 is 3.00 bits per heavy atom. The summed E-state index contributed by atoms with van der Waals surface area (Å²) in [6, 6.07) is 1.59. The van der Waals surface area contributed by atoms with Crippen molar-refractivity contribution >= 4 is 39.2 Å². The highest BCUT2D eigenvalue weighted by atomic mass is 79.9. The molecule has 18 heavy (non-hydrogen) atoms. The average molecular weight is 331 g/mol. The number of amides is 3. The number of nitrogens with zero attached hydrogens (tertiary/aromatic N) is 1. The maximum absolute atomic E-state index is 12.3. The van der Waals surface area contributed by atoms with E-state index in [9.17, 15) is 9.59 Å². The summed E-state index contributed by atoms with van der Waals surface area (Å²) >= 11 is 4.90. The summed E-state index contributed by atoms with van der Waals surface area (Å²) in [7, 11) is 0. The molecular weight excluding hydrogens is 320 g/mol. The van der Waals surface area contributed by atoms with Gasteiger partial charge in [-0.25, -0.2) is 4.79 Å². The van der Waals surface area contributed by atoms with Crippen LogP contribution in [0.15, 0.2) is 15.2 Å². The van der Waals surface area contributed by atoms with E-state index >= 15 is 0 Å². The van der Waals surface area contributed by atoms with E-state index in [0.29, 0.717) is 19.6 Å². The molecule has 0 aromatic carbocycles. The van der Waals surface area contributed by atoms with Crippen molar-refractivity contribution in [2.45, 2.75) is 18.5 Å². The smallest absolute Gasteiger partial charge is 0.325 e. The second-order valence-electron chi connectivity index (χ2n) is 4.47. The Morgan fingerprint density at radius 1 is 1.56 bits per heavy atom. The van der Waals surface area contributed by atoms with Gasteiger partial charge >= 0.3 is 6.03 Å². The Hall–Kier alpha value is -0.920. The normalized spacial score (nSPS) is 27.3. The van der Waals surface area contributed by atoms with Gasteiger partial charge in [-0.3, -0.25) is 9.69 Å². The summed E-state index contributed by atoms with van der Waals surface area (Å²) in [6.07, 6.45) is 0.557. The molecule has 96 valence electrons. The highest BCUT2D eigenvalue weighted by Gasteiger charge is 2.53. The van der Waals surface area contributed by atoms with E-state index < -0.39 is 5.54 Å².